The molecule has 0 amide bonds. The molecule has 4 aromatic carbocycles. The van der Waals surface area contributed by atoms with Crippen LogP contribution in [-0.2, 0) is 44.4 Å². The average Bonchev–Trinajstić information content (AvgIpc) is 3.28. The number of aliphatic hydroxyl groups is 2. The van der Waals surface area contributed by atoms with Crippen LogP contribution >= 0.6 is 23.2 Å². The minimum atomic E-state index is -1.21. The van der Waals surface area contributed by atoms with Crippen molar-refractivity contribution in [1.29, 1.82) is 0 Å². The van der Waals surface area contributed by atoms with Crippen LogP contribution in [0.15, 0.2) is 108 Å². The van der Waals surface area contributed by atoms with E-state index in [4.69, 9.17) is 42.1 Å². The maximum absolute atomic E-state index is 11.8. The van der Waals surface area contributed by atoms with Crippen LogP contribution < -0.4 is 24.3 Å². The number of carbonyl (C=O) groups is 1. The Hall–Kier alpha value is -6.35. The number of carboxylic acids is 1. The Bertz CT molecular complexity index is 2670. The first kappa shape index (κ1) is 48.1. The monoisotopic (exact) mass is 919 g/mol. The van der Waals surface area contributed by atoms with Crippen molar-refractivity contribution in [2.75, 3.05) is 14.1 Å². The molecule has 0 aliphatic rings. The average molecular weight is 921 g/mol. The summed E-state index contributed by atoms with van der Waals surface area (Å²) in [7, 11) is 3.38. The molecule has 6 aromatic rings. The first-order valence-corrected chi connectivity index (χ1v) is 21.4. The van der Waals surface area contributed by atoms with Crippen molar-refractivity contribution >= 4 is 41.6 Å². The molecule has 65 heavy (non-hydrogen) atoms. The van der Waals surface area contributed by atoms with Gasteiger partial charge in [-0.1, -0.05) is 59.6 Å². The lowest BCUT2D eigenvalue weighted by Gasteiger charge is -2.20. The second kappa shape index (κ2) is 23.0. The van der Waals surface area contributed by atoms with Crippen molar-refractivity contribution in [3.05, 3.63) is 163 Å². The molecule has 0 aliphatic heterocycles. The molecule has 15 heteroatoms. The molecule has 338 valence electrons. The summed E-state index contributed by atoms with van der Waals surface area (Å²) < 4.78 is 25.1. The van der Waals surface area contributed by atoms with Gasteiger partial charge in [0.2, 0.25) is 0 Å². The van der Waals surface area contributed by atoms with Crippen molar-refractivity contribution in [3.8, 4) is 34.1 Å². The van der Waals surface area contributed by atoms with Crippen molar-refractivity contribution in [2.45, 2.75) is 72.5 Å². The number of nitrogens with one attached hydrogen (secondary N) is 1. The zero-order chi connectivity index (χ0) is 46.5. The van der Waals surface area contributed by atoms with E-state index in [2.05, 4.69) is 37.4 Å². The van der Waals surface area contributed by atoms with E-state index in [1.807, 2.05) is 50.2 Å². The lowest BCUT2D eigenvalue weighted by atomic mass is 9.92. The summed E-state index contributed by atoms with van der Waals surface area (Å²) in [6.45, 7) is 6.06. The summed E-state index contributed by atoms with van der Waals surface area (Å²) in [6.07, 6.45) is 9.08. The van der Waals surface area contributed by atoms with E-state index >= 15 is 0 Å². The predicted molar refractivity (Wildman–Crippen MR) is 253 cm³/mol. The Morgan fingerprint density at radius 1 is 0.677 bits per heavy atom. The van der Waals surface area contributed by atoms with Gasteiger partial charge in [0.05, 0.1) is 22.8 Å². The normalized spacial score (nSPS) is 12.4. The van der Waals surface area contributed by atoms with Crippen molar-refractivity contribution < 1.29 is 39.1 Å². The summed E-state index contributed by atoms with van der Waals surface area (Å²) >= 11 is 13.5. The number of aliphatic carboxylic acids is 1. The molecule has 13 nitrogen and oxygen atoms in total. The van der Waals surface area contributed by atoms with Crippen molar-refractivity contribution in [2.24, 2.45) is 9.98 Å². The highest BCUT2D eigenvalue weighted by atomic mass is 35.5. The number of hydrogen-bond acceptors (Lipinski definition) is 12. The number of ether oxygens (including phenoxy) is 4. The van der Waals surface area contributed by atoms with Gasteiger partial charge in [-0.3, -0.25) is 30.1 Å². The third-order valence-corrected chi connectivity index (χ3v) is 11.2. The fourth-order valence-corrected chi connectivity index (χ4v) is 7.58. The number of aliphatic hydroxyl groups excluding tert-OH is 2. The number of carboxylic acid groups (broad SMARTS) is 1. The molecular weight excluding hydrogens is 869 g/mol. The second-order valence-corrected chi connectivity index (χ2v) is 16.1. The molecule has 0 radical (unpaired) electrons. The van der Waals surface area contributed by atoms with Gasteiger partial charge < -0.3 is 34.3 Å². The summed E-state index contributed by atoms with van der Waals surface area (Å²) in [5.74, 6) is 0.457. The standard InChI is InChI=1S/C50H51Cl2N5O8/c1-30-37(28-64-47-16-45(62-26-35-12-33(18-53-4)20-55-22-35)39(14-43(47)51)24-57-49(32(3)59)50(60)61)8-6-10-41(30)42-11-7-9-38(31(42)2)29-65-48-17-46(40(25-58)15-44(48)52)63-27-36-13-34(19-54-5)21-56-23-36/h6-23,32,49,57-59H,24-29H2,1-5H3,(H,60,61)/b53-18-,54-19+/t32-,49+/m0/s1. The molecule has 0 bridgehead atoms. The molecule has 0 fully saturated rings. The van der Waals surface area contributed by atoms with E-state index in [0.717, 1.165) is 55.6 Å². The number of aromatic nitrogens is 2. The number of rotatable bonds is 21. The predicted octanol–water partition coefficient (Wildman–Crippen LogP) is 8.90. The van der Waals surface area contributed by atoms with E-state index in [1.54, 1.807) is 75.6 Å². The number of aliphatic imine (C=N–C) groups is 2. The van der Waals surface area contributed by atoms with Gasteiger partial charge in [-0.15, -0.1) is 0 Å². The van der Waals surface area contributed by atoms with Crippen LogP contribution in [-0.4, -0.2) is 69.9 Å². The van der Waals surface area contributed by atoms with Crippen LogP contribution in [0.1, 0.15) is 62.6 Å². The Morgan fingerprint density at radius 3 is 1.58 bits per heavy atom. The Balaban J connectivity index is 1.19. The minimum absolute atomic E-state index is 0.0462. The lowest BCUT2D eigenvalue weighted by molar-refractivity contribution is -0.142. The van der Waals surface area contributed by atoms with Crippen LogP contribution in [0.25, 0.3) is 11.1 Å². The smallest absolute Gasteiger partial charge is 0.323 e. The van der Waals surface area contributed by atoms with Gasteiger partial charge in [0.25, 0.3) is 0 Å². The van der Waals surface area contributed by atoms with Crippen LogP contribution in [0, 0.1) is 13.8 Å². The summed E-state index contributed by atoms with van der Waals surface area (Å²) in [5.41, 5.74) is 10.3. The highest BCUT2D eigenvalue weighted by Gasteiger charge is 2.24. The first-order valence-electron chi connectivity index (χ1n) is 20.7. The van der Waals surface area contributed by atoms with Gasteiger partial charge in [0, 0.05) is 103 Å². The largest absolute Gasteiger partial charge is 0.488 e. The molecule has 2 aromatic heterocycles. The third kappa shape index (κ3) is 12.7. The topological polar surface area (TPSA) is 177 Å². The molecule has 0 unspecified atom stereocenters. The summed E-state index contributed by atoms with van der Waals surface area (Å²) in [4.78, 5) is 28.5. The summed E-state index contributed by atoms with van der Waals surface area (Å²) in [5, 5.41) is 33.3. The van der Waals surface area contributed by atoms with E-state index in [1.165, 1.54) is 6.92 Å². The van der Waals surface area contributed by atoms with Gasteiger partial charge in [0.1, 0.15) is 55.5 Å². The SMILES string of the molecule is C/N=C\c1cncc(COc2cc(OCc3cccc(-c4cccc(COc5cc(OCc6cncc(/C=N/C)c6)c(CO)cc5Cl)c4C)c3C)c(Cl)cc2CN[C@@H](C(=O)O)[C@H](C)O)c1. The van der Waals surface area contributed by atoms with Crippen molar-refractivity contribution in [1.82, 2.24) is 15.3 Å². The number of nitrogens with zero attached hydrogens (tertiary/aromatic N) is 4. The Kier molecular flexibility index (Phi) is 17.0. The lowest BCUT2D eigenvalue weighted by Crippen LogP contribution is -2.44. The zero-order valence-electron chi connectivity index (χ0n) is 36.7. The van der Waals surface area contributed by atoms with E-state index < -0.39 is 18.1 Å². The fourth-order valence-electron chi connectivity index (χ4n) is 7.10. The molecule has 0 saturated carbocycles. The molecule has 0 aliphatic carbocycles. The second-order valence-electron chi connectivity index (χ2n) is 15.2. The van der Waals surface area contributed by atoms with Crippen molar-refractivity contribution in [3.63, 3.8) is 0 Å². The fraction of sp³-hybridized carbons (Fsp3) is 0.260. The molecule has 2 heterocycles. The maximum Gasteiger partial charge on any atom is 0.323 e. The molecular formula is C50H51Cl2N5O8. The van der Waals surface area contributed by atoms with Crippen LogP contribution in [0.3, 0.4) is 0 Å². The van der Waals surface area contributed by atoms with E-state index in [9.17, 15) is 20.1 Å². The van der Waals surface area contributed by atoms with E-state index in [-0.39, 0.29) is 39.6 Å². The van der Waals surface area contributed by atoms with Gasteiger partial charge in [-0.2, -0.15) is 0 Å². The highest BCUT2D eigenvalue weighted by molar-refractivity contribution is 6.32. The molecule has 6 rings (SSSR count). The number of benzene rings is 4. The van der Waals surface area contributed by atoms with Gasteiger partial charge in [-0.05, 0) is 78.4 Å². The van der Waals surface area contributed by atoms with Crippen LogP contribution in [0.2, 0.25) is 10.0 Å². The molecule has 0 spiro atoms. The zero-order valence-corrected chi connectivity index (χ0v) is 38.2. The number of pyridine rings is 2. The van der Waals surface area contributed by atoms with Gasteiger partial charge in [-0.25, -0.2) is 0 Å². The number of halogens is 2. The van der Waals surface area contributed by atoms with Gasteiger partial charge in [0.15, 0.2) is 0 Å². The highest BCUT2D eigenvalue weighted by Crippen LogP contribution is 2.37. The summed E-state index contributed by atoms with van der Waals surface area (Å²) in [6, 6.07) is 21.4. The Morgan fingerprint density at radius 2 is 1.14 bits per heavy atom. The number of hydrogen-bond donors (Lipinski definition) is 4. The first-order chi connectivity index (χ1) is 31.4. The molecule has 2 atom stereocenters. The third-order valence-electron chi connectivity index (χ3n) is 10.6. The van der Waals surface area contributed by atoms with Gasteiger partial charge >= 0.3 is 5.97 Å². The van der Waals surface area contributed by atoms with Crippen LogP contribution in [0.4, 0.5) is 0 Å². The quantitative estimate of drug-likeness (QED) is 0.0507. The molecule has 4 N–H and O–H groups in total. The van der Waals surface area contributed by atoms with E-state index in [0.29, 0.717) is 44.2 Å². The van der Waals surface area contributed by atoms with Crippen LogP contribution in [0.5, 0.6) is 23.0 Å². The Labute approximate surface area is 388 Å². The molecule has 0 saturated heterocycles. The minimum Gasteiger partial charge on any atom is -0.488 e. The maximum atomic E-state index is 11.8.